The van der Waals surface area contributed by atoms with Gasteiger partial charge in [-0.2, -0.15) is 0 Å². The fourth-order valence-corrected chi connectivity index (χ4v) is 10.1. The number of aromatic nitrogens is 3. The van der Waals surface area contributed by atoms with Crippen LogP contribution in [0.25, 0.3) is 11.1 Å². The molecule has 8 rings (SSSR count). The summed E-state index contributed by atoms with van der Waals surface area (Å²) in [7, 11) is 2.21. The van der Waals surface area contributed by atoms with Crippen molar-refractivity contribution in [2.45, 2.75) is 101 Å². The van der Waals surface area contributed by atoms with E-state index in [1.54, 1.807) is 0 Å². The van der Waals surface area contributed by atoms with Crippen molar-refractivity contribution in [1.82, 2.24) is 24.8 Å². The van der Waals surface area contributed by atoms with Gasteiger partial charge in [0, 0.05) is 95.8 Å². The zero-order valence-corrected chi connectivity index (χ0v) is 36.0. The monoisotopic (exact) mass is 804 g/mol. The highest BCUT2D eigenvalue weighted by atomic mass is 35.5. The number of pyridine rings is 1. The largest absolute Gasteiger partial charge is 0.381 e. The second-order valence-corrected chi connectivity index (χ2v) is 17.5. The number of rotatable bonds is 12. The normalized spacial score (nSPS) is 19.6. The molecule has 1 saturated carbocycles. The number of hydrogen-bond acceptors (Lipinski definition) is 8. The molecule has 7 nitrogen and oxygen atoms in total. The lowest BCUT2D eigenvalue weighted by Crippen LogP contribution is -2.44. The standard InChI is InChI=1S/C46H57ClN6OS.C2H4/c1-29(28-35-9-5-4-8-31(35)13-15-36-17-20-49-46(51-36)34-18-26-54-27-19-34)38-39-37(16-14-32(42(39)47)12-7-21-53-24-22-52(3)23-25-53)40-41(43(38)48)45(55)30(2)50-44(40)33-10-6-11-33;1-2/h4-5,8-9,14,16-17,20,29,33-34,38,48,55H,6-7,10-13,15,18-19,21-28H2,1-3H3;1-2H2. The van der Waals surface area contributed by atoms with Crippen molar-refractivity contribution in [3.8, 4) is 11.1 Å². The molecule has 3 fully saturated rings. The molecular formula is C48H61ClN6OS. The van der Waals surface area contributed by atoms with Crippen molar-refractivity contribution in [1.29, 1.82) is 5.41 Å². The molecule has 0 radical (unpaired) electrons. The van der Waals surface area contributed by atoms with E-state index in [0.717, 1.165) is 159 Å². The zero-order chi connectivity index (χ0) is 40.1. The van der Waals surface area contributed by atoms with Gasteiger partial charge in [-0.1, -0.05) is 61.3 Å². The SMILES string of the molecule is C=C.Cc1nc(C2CCC2)c2c(c1S)C(=N)C(C(C)Cc1ccccc1CCc1ccnc(C3CCOCC3)n1)c1c-2ccc(CCCN2CCN(C)CC2)c1Cl. The van der Waals surface area contributed by atoms with Gasteiger partial charge < -0.3 is 19.9 Å². The van der Waals surface area contributed by atoms with Gasteiger partial charge in [-0.3, -0.25) is 4.98 Å². The number of halogens is 1. The molecule has 2 atom stereocenters. The van der Waals surface area contributed by atoms with Gasteiger partial charge >= 0.3 is 0 Å². The average molecular weight is 806 g/mol. The van der Waals surface area contributed by atoms with Gasteiger partial charge in [-0.25, -0.2) is 9.97 Å². The number of benzene rings is 2. The molecule has 57 heavy (non-hydrogen) atoms. The van der Waals surface area contributed by atoms with Crippen LogP contribution in [0, 0.1) is 18.3 Å². The smallest absolute Gasteiger partial charge is 0.131 e. The summed E-state index contributed by atoms with van der Waals surface area (Å²) in [5, 5.41) is 10.9. The van der Waals surface area contributed by atoms with Gasteiger partial charge in [-0.05, 0) is 118 Å². The second-order valence-electron chi connectivity index (χ2n) is 16.7. The number of fused-ring (bicyclic) bond motifs is 3. The lowest BCUT2D eigenvalue weighted by Gasteiger charge is -2.38. The van der Waals surface area contributed by atoms with Crippen LogP contribution in [-0.4, -0.2) is 83.4 Å². The summed E-state index contributed by atoms with van der Waals surface area (Å²) in [4.78, 5) is 20.7. The highest BCUT2D eigenvalue weighted by Gasteiger charge is 2.40. The first-order valence-electron chi connectivity index (χ1n) is 21.3. The molecule has 2 aliphatic carbocycles. The third kappa shape index (κ3) is 9.11. The molecule has 9 heteroatoms. The summed E-state index contributed by atoms with van der Waals surface area (Å²) in [6.07, 6.45) is 12.1. The molecule has 2 unspecified atom stereocenters. The first-order valence-corrected chi connectivity index (χ1v) is 22.1. The van der Waals surface area contributed by atoms with E-state index in [1.165, 1.54) is 23.1 Å². The maximum atomic E-state index is 10.0. The molecule has 0 amide bonds. The second kappa shape index (κ2) is 19.1. The fourth-order valence-electron chi connectivity index (χ4n) is 9.45. The molecule has 4 aliphatic rings. The van der Waals surface area contributed by atoms with Crippen molar-refractivity contribution in [2.75, 3.05) is 53.0 Å². The Kier molecular flexibility index (Phi) is 14.0. The molecule has 2 saturated heterocycles. The third-order valence-corrected chi connectivity index (χ3v) is 14.0. The van der Waals surface area contributed by atoms with Crippen LogP contribution >= 0.6 is 24.2 Å². The van der Waals surface area contributed by atoms with E-state index in [-0.39, 0.29) is 11.8 Å². The maximum Gasteiger partial charge on any atom is 0.131 e. The van der Waals surface area contributed by atoms with Gasteiger partial charge in [0.15, 0.2) is 0 Å². The summed E-state index contributed by atoms with van der Waals surface area (Å²) in [5.74, 6) is 1.74. The number of nitrogens with one attached hydrogen (secondary N) is 1. The summed E-state index contributed by atoms with van der Waals surface area (Å²) in [6.45, 7) is 17.6. The van der Waals surface area contributed by atoms with Crippen molar-refractivity contribution in [2.24, 2.45) is 5.92 Å². The molecule has 1 N–H and O–H groups in total. The topological polar surface area (TPSA) is 78.2 Å². The predicted octanol–water partition coefficient (Wildman–Crippen LogP) is 10.1. The van der Waals surface area contributed by atoms with Crippen LogP contribution < -0.4 is 0 Å². The Balaban J connectivity index is 0.00000244. The van der Waals surface area contributed by atoms with E-state index in [2.05, 4.69) is 91.3 Å². The molecule has 4 aromatic rings. The van der Waals surface area contributed by atoms with Gasteiger partial charge in [0.25, 0.3) is 0 Å². The highest BCUT2D eigenvalue weighted by molar-refractivity contribution is 7.80. The summed E-state index contributed by atoms with van der Waals surface area (Å²) in [6, 6.07) is 15.5. The van der Waals surface area contributed by atoms with Crippen LogP contribution in [0.15, 0.2) is 66.7 Å². The Labute approximate surface area is 351 Å². The molecule has 302 valence electrons. The van der Waals surface area contributed by atoms with E-state index in [1.807, 2.05) is 6.20 Å². The van der Waals surface area contributed by atoms with E-state index < -0.39 is 0 Å². The number of hydrogen-bond donors (Lipinski definition) is 2. The van der Waals surface area contributed by atoms with Crippen LogP contribution in [0.4, 0.5) is 0 Å². The van der Waals surface area contributed by atoms with Gasteiger partial charge in [-0.15, -0.1) is 25.8 Å². The third-order valence-electron chi connectivity index (χ3n) is 13.0. The van der Waals surface area contributed by atoms with Crippen LogP contribution in [0.5, 0.6) is 0 Å². The highest BCUT2D eigenvalue weighted by Crippen LogP contribution is 2.53. The number of aryl methyl sites for hydroxylation is 4. The summed E-state index contributed by atoms with van der Waals surface area (Å²) in [5.41, 5.74) is 12.0. The molecule has 2 aromatic carbocycles. The van der Waals surface area contributed by atoms with Crippen molar-refractivity contribution in [3.63, 3.8) is 0 Å². The Morgan fingerprint density at radius 1 is 0.895 bits per heavy atom. The zero-order valence-electron chi connectivity index (χ0n) is 34.3. The lowest BCUT2D eigenvalue weighted by molar-refractivity contribution is 0.0835. The summed E-state index contributed by atoms with van der Waals surface area (Å²) < 4.78 is 5.59. The average Bonchev–Trinajstić information content (AvgIpc) is 3.21. The van der Waals surface area contributed by atoms with Crippen LogP contribution in [0.2, 0.25) is 5.02 Å². The Morgan fingerprint density at radius 2 is 1.63 bits per heavy atom. The minimum Gasteiger partial charge on any atom is -0.381 e. The van der Waals surface area contributed by atoms with Crippen LogP contribution in [0.3, 0.4) is 0 Å². The molecule has 0 spiro atoms. The molecule has 4 heterocycles. The van der Waals surface area contributed by atoms with Gasteiger partial charge in [0.1, 0.15) is 5.82 Å². The number of piperazine rings is 1. The van der Waals surface area contributed by atoms with E-state index in [9.17, 15) is 5.41 Å². The van der Waals surface area contributed by atoms with Crippen molar-refractivity contribution >= 4 is 29.9 Å². The minimum atomic E-state index is -0.161. The predicted molar refractivity (Wildman–Crippen MR) is 238 cm³/mol. The number of thiol groups is 1. The van der Waals surface area contributed by atoms with E-state index in [0.29, 0.717) is 17.5 Å². The Hall–Kier alpha value is -3.40. The van der Waals surface area contributed by atoms with E-state index in [4.69, 9.17) is 38.9 Å². The number of likely N-dealkylation sites (N-methyl/N-ethyl adjacent to an activating group) is 1. The van der Waals surface area contributed by atoms with Crippen molar-refractivity contribution in [3.05, 3.63) is 118 Å². The first-order chi connectivity index (χ1) is 27.8. The lowest BCUT2D eigenvalue weighted by atomic mass is 9.68. The minimum absolute atomic E-state index is 0.131. The van der Waals surface area contributed by atoms with Gasteiger partial charge in [0.05, 0.1) is 11.4 Å². The Bertz CT molecular complexity index is 2040. The van der Waals surface area contributed by atoms with Gasteiger partial charge in [0.2, 0.25) is 0 Å². The number of ether oxygens (including phenoxy) is 1. The first kappa shape index (κ1) is 41.7. The number of nitrogens with zero attached hydrogens (tertiary/aromatic N) is 5. The maximum absolute atomic E-state index is 10.0. The molecule has 2 aliphatic heterocycles. The quantitative estimate of drug-likeness (QED) is 0.110. The fraction of sp³-hybridized carbons (Fsp3) is 0.500. The molecule has 0 bridgehead atoms. The van der Waals surface area contributed by atoms with Crippen LogP contribution in [0.1, 0.15) is 114 Å². The molecule has 2 aromatic heterocycles. The van der Waals surface area contributed by atoms with Crippen molar-refractivity contribution < 1.29 is 4.74 Å². The molecular weight excluding hydrogens is 744 g/mol. The van der Waals surface area contributed by atoms with Crippen LogP contribution in [-0.2, 0) is 30.4 Å². The Morgan fingerprint density at radius 3 is 2.35 bits per heavy atom. The summed E-state index contributed by atoms with van der Waals surface area (Å²) >= 11 is 12.7. The van der Waals surface area contributed by atoms with E-state index >= 15 is 0 Å².